The molecular formula is C12H13N3O3. The Morgan fingerprint density at radius 2 is 1.94 bits per heavy atom. The van der Waals surface area contributed by atoms with Gasteiger partial charge in [-0.15, -0.1) is 0 Å². The summed E-state index contributed by atoms with van der Waals surface area (Å²) < 4.78 is 4.46. The van der Waals surface area contributed by atoms with Gasteiger partial charge in [0.1, 0.15) is 0 Å². The van der Waals surface area contributed by atoms with Crippen LogP contribution in [0.4, 0.5) is 0 Å². The van der Waals surface area contributed by atoms with Gasteiger partial charge in [0.15, 0.2) is 5.78 Å². The second-order valence-electron chi connectivity index (χ2n) is 3.59. The van der Waals surface area contributed by atoms with Crippen LogP contribution in [0.25, 0.3) is 10.4 Å². The maximum Gasteiger partial charge on any atom is 0.305 e. The van der Waals surface area contributed by atoms with Crippen LogP contribution >= 0.6 is 0 Å². The number of ketones is 1. The molecule has 0 radical (unpaired) electrons. The molecule has 0 aliphatic carbocycles. The quantitative estimate of drug-likeness (QED) is 0.254. The highest BCUT2D eigenvalue weighted by atomic mass is 16.5. The highest BCUT2D eigenvalue weighted by Crippen LogP contribution is 2.09. The Morgan fingerprint density at radius 1 is 1.28 bits per heavy atom. The maximum atomic E-state index is 11.7. The molecule has 0 saturated heterocycles. The van der Waals surface area contributed by atoms with Crippen molar-refractivity contribution in [1.82, 2.24) is 0 Å². The van der Waals surface area contributed by atoms with Crippen molar-refractivity contribution in [2.24, 2.45) is 5.11 Å². The van der Waals surface area contributed by atoms with Gasteiger partial charge in [0.05, 0.1) is 20.1 Å². The Kier molecular flexibility index (Phi) is 5.41. The molecule has 6 heteroatoms. The van der Waals surface area contributed by atoms with Gasteiger partial charge in [-0.25, -0.2) is 0 Å². The average Bonchev–Trinajstić information content (AvgIpc) is 2.42. The third-order valence-corrected chi connectivity index (χ3v) is 2.38. The van der Waals surface area contributed by atoms with E-state index < -0.39 is 5.97 Å². The fraction of sp³-hybridized carbons (Fsp3) is 0.333. The number of benzene rings is 1. The molecule has 0 unspecified atom stereocenters. The summed E-state index contributed by atoms with van der Waals surface area (Å²) in [6, 6.07) is 6.75. The molecule has 0 heterocycles. The van der Waals surface area contributed by atoms with Gasteiger partial charge in [-0.3, -0.25) is 9.59 Å². The molecule has 0 N–H and O–H groups in total. The molecule has 1 aromatic rings. The molecule has 94 valence electrons. The largest absolute Gasteiger partial charge is 0.469 e. The number of Topliss-reactive ketones (excluding diaryl/α,β-unsaturated/α-hetero) is 1. The fourth-order valence-corrected chi connectivity index (χ4v) is 1.37. The maximum absolute atomic E-state index is 11.7. The second-order valence-corrected chi connectivity index (χ2v) is 3.59. The summed E-state index contributed by atoms with van der Waals surface area (Å²) in [5, 5.41) is 3.42. The highest BCUT2D eigenvalue weighted by Gasteiger charge is 2.09. The number of azide groups is 1. The van der Waals surface area contributed by atoms with Crippen LogP contribution in [-0.4, -0.2) is 18.9 Å². The van der Waals surface area contributed by atoms with Crippen LogP contribution in [-0.2, 0) is 16.1 Å². The Labute approximate surface area is 104 Å². The summed E-state index contributed by atoms with van der Waals surface area (Å²) in [5.41, 5.74) is 9.54. The number of methoxy groups -OCH3 is 1. The number of esters is 1. The van der Waals surface area contributed by atoms with E-state index >= 15 is 0 Å². The Hall–Kier alpha value is -2.33. The van der Waals surface area contributed by atoms with Crippen molar-refractivity contribution >= 4 is 11.8 Å². The van der Waals surface area contributed by atoms with E-state index in [4.69, 9.17) is 5.53 Å². The summed E-state index contributed by atoms with van der Waals surface area (Å²) in [4.78, 5) is 25.3. The smallest absolute Gasteiger partial charge is 0.305 e. The van der Waals surface area contributed by atoms with Gasteiger partial charge in [-0.2, -0.15) is 0 Å². The molecule has 0 spiro atoms. The van der Waals surface area contributed by atoms with E-state index in [0.29, 0.717) is 5.56 Å². The summed E-state index contributed by atoms with van der Waals surface area (Å²) in [5.74, 6) is -0.515. The monoisotopic (exact) mass is 247 g/mol. The molecule has 1 rings (SSSR count). The molecule has 18 heavy (non-hydrogen) atoms. The first-order chi connectivity index (χ1) is 8.67. The fourth-order valence-electron chi connectivity index (χ4n) is 1.37. The first-order valence-electron chi connectivity index (χ1n) is 5.37. The zero-order valence-electron chi connectivity index (χ0n) is 10.00. The molecule has 0 amide bonds. The number of ether oxygens (including phenoxy) is 1. The molecule has 0 bridgehead atoms. The number of hydrogen-bond donors (Lipinski definition) is 0. The molecule has 0 saturated carbocycles. The number of nitrogens with zero attached hydrogens (tertiary/aromatic N) is 3. The number of carbonyl (C=O) groups excluding carboxylic acids is 2. The number of hydrogen-bond acceptors (Lipinski definition) is 4. The minimum Gasteiger partial charge on any atom is -0.469 e. The first kappa shape index (κ1) is 13.7. The zero-order chi connectivity index (χ0) is 13.4. The number of rotatable bonds is 6. The van der Waals surface area contributed by atoms with E-state index in [2.05, 4.69) is 14.8 Å². The van der Waals surface area contributed by atoms with E-state index in [1.807, 2.05) is 0 Å². The third kappa shape index (κ3) is 4.27. The average molecular weight is 247 g/mol. The van der Waals surface area contributed by atoms with Gasteiger partial charge in [0.25, 0.3) is 0 Å². The van der Waals surface area contributed by atoms with Crippen LogP contribution in [0.3, 0.4) is 0 Å². The standard InChI is InChI=1S/C12H13N3O3/c1-18-12(17)7-6-11(16)10-4-2-9(3-5-10)8-14-15-13/h2-5H,6-8H2,1H3. The summed E-state index contributed by atoms with van der Waals surface area (Å²) in [6.07, 6.45) is 0.207. The summed E-state index contributed by atoms with van der Waals surface area (Å²) >= 11 is 0. The minimum absolute atomic E-state index is 0.0792. The van der Waals surface area contributed by atoms with Crippen LogP contribution in [0.1, 0.15) is 28.8 Å². The lowest BCUT2D eigenvalue weighted by molar-refractivity contribution is -0.140. The molecule has 0 aromatic heterocycles. The normalized spacial score (nSPS) is 9.39. The minimum atomic E-state index is -0.400. The summed E-state index contributed by atoms with van der Waals surface area (Å²) in [7, 11) is 1.29. The van der Waals surface area contributed by atoms with Crippen molar-refractivity contribution in [3.8, 4) is 0 Å². The van der Waals surface area contributed by atoms with E-state index in [9.17, 15) is 9.59 Å². The van der Waals surface area contributed by atoms with Crippen molar-refractivity contribution in [2.75, 3.05) is 7.11 Å². The lowest BCUT2D eigenvalue weighted by atomic mass is 10.0. The van der Waals surface area contributed by atoms with Crippen molar-refractivity contribution in [3.63, 3.8) is 0 Å². The molecule has 0 fully saturated rings. The van der Waals surface area contributed by atoms with Crippen molar-refractivity contribution < 1.29 is 14.3 Å². The van der Waals surface area contributed by atoms with Crippen molar-refractivity contribution in [1.29, 1.82) is 0 Å². The van der Waals surface area contributed by atoms with Crippen molar-refractivity contribution in [2.45, 2.75) is 19.4 Å². The van der Waals surface area contributed by atoms with Gasteiger partial charge in [-0.05, 0) is 11.1 Å². The first-order valence-corrected chi connectivity index (χ1v) is 5.37. The van der Waals surface area contributed by atoms with Gasteiger partial charge in [-0.1, -0.05) is 29.4 Å². The number of carbonyl (C=O) groups is 2. The second kappa shape index (κ2) is 7.09. The predicted octanol–water partition coefficient (Wildman–Crippen LogP) is 2.63. The van der Waals surface area contributed by atoms with Crippen LogP contribution in [0.5, 0.6) is 0 Å². The molecule has 0 atom stereocenters. The Balaban J connectivity index is 2.58. The van der Waals surface area contributed by atoms with Gasteiger partial charge in [0.2, 0.25) is 0 Å². The van der Waals surface area contributed by atoms with E-state index in [1.54, 1.807) is 24.3 Å². The van der Waals surface area contributed by atoms with E-state index in [-0.39, 0.29) is 25.2 Å². The van der Waals surface area contributed by atoms with E-state index in [0.717, 1.165) is 5.56 Å². The van der Waals surface area contributed by atoms with E-state index in [1.165, 1.54) is 7.11 Å². The molecular weight excluding hydrogens is 234 g/mol. The zero-order valence-corrected chi connectivity index (χ0v) is 10.00. The van der Waals surface area contributed by atoms with Crippen molar-refractivity contribution in [3.05, 3.63) is 45.8 Å². The van der Waals surface area contributed by atoms with Gasteiger partial charge < -0.3 is 4.74 Å². The molecule has 6 nitrogen and oxygen atoms in total. The van der Waals surface area contributed by atoms with Crippen LogP contribution in [0.15, 0.2) is 29.4 Å². The molecule has 0 aliphatic heterocycles. The topological polar surface area (TPSA) is 92.1 Å². The van der Waals surface area contributed by atoms with Gasteiger partial charge in [0, 0.05) is 16.9 Å². The predicted molar refractivity (Wildman–Crippen MR) is 64.9 cm³/mol. The Bertz CT molecular complexity index is 476. The third-order valence-electron chi connectivity index (χ3n) is 2.38. The molecule has 1 aromatic carbocycles. The van der Waals surface area contributed by atoms with Gasteiger partial charge >= 0.3 is 5.97 Å². The molecule has 0 aliphatic rings. The van der Waals surface area contributed by atoms with Crippen LogP contribution in [0, 0.1) is 0 Å². The SMILES string of the molecule is COC(=O)CCC(=O)c1ccc(CN=[N+]=[N-])cc1. The Morgan fingerprint density at radius 3 is 2.50 bits per heavy atom. The summed E-state index contributed by atoms with van der Waals surface area (Å²) in [6.45, 7) is 0.257. The van der Waals surface area contributed by atoms with Crippen LogP contribution in [0.2, 0.25) is 0 Å². The lowest BCUT2D eigenvalue weighted by Gasteiger charge is -2.02. The van der Waals surface area contributed by atoms with Crippen LogP contribution < -0.4 is 0 Å². The highest BCUT2D eigenvalue weighted by molar-refractivity contribution is 5.97. The lowest BCUT2D eigenvalue weighted by Crippen LogP contribution is -2.06.